The third kappa shape index (κ3) is 3.56. The number of hydrogen-bond acceptors (Lipinski definition) is 5. The van der Waals surface area contributed by atoms with Gasteiger partial charge < -0.3 is 19.1 Å². The molecule has 1 atom stereocenters. The number of anilines is 2. The Balaban J connectivity index is 1.62. The average molecular weight is 483 g/mol. The van der Waals surface area contributed by atoms with Crippen molar-refractivity contribution in [1.29, 1.82) is 0 Å². The molecule has 2 amide bonds. The van der Waals surface area contributed by atoms with Crippen molar-refractivity contribution in [3.05, 3.63) is 102 Å². The standard InChI is InChI=1S/C29H26N2O5/c1-4-17-30-24-12-8-6-10-22(24)29(28(30)33)31(23-11-7-5-9-21(23)19-36-29)27(32)16-14-20-13-15-25(34-2)26(18-20)35-3/h4-16,18H,1,17,19H2,2-3H3/b16-14+. The number of hydrogen-bond donors (Lipinski definition) is 0. The third-order valence-corrected chi connectivity index (χ3v) is 6.44. The van der Waals surface area contributed by atoms with Crippen LogP contribution in [0.3, 0.4) is 0 Å². The molecule has 3 aromatic carbocycles. The summed E-state index contributed by atoms with van der Waals surface area (Å²) in [4.78, 5) is 31.0. The van der Waals surface area contributed by atoms with Crippen LogP contribution in [-0.2, 0) is 26.7 Å². The molecule has 0 bridgehead atoms. The molecule has 1 unspecified atom stereocenters. The average Bonchev–Trinajstić information content (AvgIpc) is 3.15. The Hall–Kier alpha value is -4.36. The largest absolute Gasteiger partial charge is 0.493 e. The van der Waals surface area contributed by atoms with E-state index in [2.05, 4.69) is 6.58 Å². The van der Waals surface area contributed by atoms with E-state index in [0.29, 0.717) is 35.0 Å². The van der Waals surface area contributed by atoms with Crippen molar-refractivity contribution < 1.29 is 23.8 Å². The van der Waals surface area contributed by atoms with Crippen LogP contribution in [0.5, 0.6) is 11.5 Å². The minimum atomic E-state index is -1.62. The van der Waals surface area contributed by atoms with E-state index in [0.717, 1.165) is 11.1 Å². The van der Waals surface area contributed by atoms with Crippen molar-refractivity contribution in [3.63, 3.8) is 0 Å². The van der Waals surface area contributed by atoms with Gasteiger partial charge in [0.25, 0.3) is 17.5 Å². The smallest absolute Gasteiger partial charge is 0.286 e. The quantitative estimate of drug-likeness (QED) is 0.377. The van der Waals surface area contributed by atoms with Gasteiger partial charge in [-0.2, -0.15) is 0 Å². The van der Waals surface area contributed by atoms with Crippen LogP contribution < -0.4 is 19.3 Å². The van der Waals surface area contributed by atoms with Crippen LogP contribution in [0.1, 0.15) is 16.7 Å². The second-order valence-corrected chi connectivity index (χ2v) is 8.40. The zero-order valence-corrected chi connectivity index (χ0v) is 20.1. The number of rotatable bonds is 6. The van der Waals surface area contributed by atoms with E-state index in [1.54, 1.807) is 43.4 Å². The molecule has 0 aromatic heterocycles. The van der Waals surface area contributed by atoms with E-state index >= 15 is 0 Å². The number of nitrogens with zero attached hydrogens (tertiary/aromatic N) is 2. The van der Waals surface area contributed by atoms with E-state index in [1.807, 2.05) is 54.6 Å². The molecule has 36 heavy (non-hydrogen) atoms. The molecule has 7 nitrogen and oxygen atoms in total. The Morgan fingerprint density at radius 2 is 1.75 bits per heavy atom. The summed E-state index contributed by atoms with van der Waals surface area (Å²) in [7, 11) is 3.12. The molecular weight excluding hydrogens is 456 g/mol. The molecule has 1 spiro atoms. The monoisotopic (exact) mass is 482 g/mol. The zero-order chi connectivity index (χ0) is 25.3. The molecular formula is C29H26N2O5. The molecule has 0 radical (unpaired) electrons. The summed E-state index contributed by atoms with van der Waals surface area (Å²) in [5.41, 5.74) is 1.90. The number of methoxy groups -OCH3 is 2. The fourth-order valence-corrected chi connectivity index (χ4v) is 4.81. The molecule has 2 aliphatic rings. The Labute approximate surface area is 209 Å². The fourth-order valence-electron chi connectivity index (χ4n) is 4.81. The Morgan fingerprint density at radius 3 is 2.50 bits per heavy atom. The summed E-state index contributed by atoms with van der Waals surface area (Å²) in [6, 6.07) is 20.2. The number of carbonyl (C=O) groups is 2. The molecule has 0 saturated heterocycles. The summed E-state index contributed by atoms with van der Waals surface area (Å²) < 4.78 is 17.0. The Kier molecular flexibility index (Phi) is 6.08. The number of fused-ring (bicyclic) bond motifs is 3. The lowest BCUT2D eigenvalue weighted by molar-refractivity contribution is -0.151. The highest BCUT2D eigenvalue weighted by Crippen LogP contribution is 2.50. The summed E-state index contributed by atoms with van der Waals surface area (Å²) in [6.45, 7) is 4.29. The van der Waals surface area contributed by atoms with Gasteiger partial charge in [0.05, 0.1) is 32.2 Å². The van der Waals surface area contributed by atoms with Gasteiger partial charge in [0, 0.05) is 23.7 Å². The van der Waals surface area contributed by atoms with Crippen LogP contribution >= 0.6 is 0 Å². The summed E-state index contributed by atoms with van der Waals surface area (Å²) >= 11 is 0. The second kappa shape index (κ2) is 9.36. The first-order valence-electron chi connectivity index (χ1n) is 11.5. The van der Waals surface area contributed by atoms with E-state index in [1.165, 1.54) is 11.0 Å². The number of benzene rings is 3. The van der Waals surface area contributed by atoms with Gasteiger partial charge in [-0.1, -0.05) is 48.5 Å². The summed E-state index contributed by atoms with van der Waals surface area (Å²) in [5, 5.41) is 0. The van der Waals surface area contributed by atoms with Crippen molar-refractivity contribution in [2.75, 3.05) is 30.6 Å². The molecule has 0 saturated carbocycles. The van der Waals surface area contributed by atoms with Gasteiger partial charge in [-0.15, -0.1) is 6.58 Å². The summed E-state index contributed by atoms with van der Waals surface area (Å²) in [6.07, 6.45) is 4.79. The van der Waals surface area contributed by atoms with E-state index < -0.39 is 5.72 Å². The minimum Gasteiger partial charge on any atom is -0.493 e. The van der Waals surface area contributed by atoms with Gasteiger partial charge in [-0.05, 0) is 35.9 Å². The van der Waals surface area contributed by atoms with Gasteiger partial charge in [-0.3, -0.25) is 14.5 Å². The molecule has 0 fully saturated rings. The van der Waals surface area contributed by atoms with Crippen LogP contribution in [0.2, 0.25) is 0 Å². The lowest BCUT2D eigenvalue weighted by Gasteiger charge is -2.43. The Morgan fingerprint density at radius 1 is 1.03 bits per heavy atom. The van der Waals surface area contributed by atoms with Crippen molar-refractivity contribution >= 4 is 29.3 Å². The van der Waals surface area contributed by atoms with E-state index in [4.69, 9.17) is 14.2 Å². The van der Waals surface area contributed by atoms with Crippen LogP contribution in [0.25, 0.3) is 6.08 Å². The SMILES string of the molecule is C=CCN1C(=O)C2(OCc3ccccc3N2C(=O)/C=C/c2ccc(OC)c(OC)c2)c2ccccc21. The third-order valence-electron chi connectivity index (χ3n) is 6.44. The van der Waals surface area contributed by atoms with Gasteiger partial charge in [0.1, 0.15) is 0 Å². The Bertz CT molecular complexity index is 1380. The van der Waals surface area contributed by atoms with Crippen molar-refractivity contribution in [3.8, 4) is 11.5 Å². The van der Waals surface area contributed by atoms with Crippen LogP contribution in [0.15, 0.2) is 85.5 Å². The van der Waals surface area contributed by atoms with E-state index in [9.17, 15) is 9.59 Å². The van der Waals surface area contributed by atoms with E-state index in [-0.39, 0.29) is 18.4 Å². The highest BCUT2D eigenvalue weighted by atomic mass is 16.5. The lowest BCUT2D eigenvalue weighted by Crippen LogP contribution is -2.59. The van der Waals surface area contributed by atoms with Gasteiger partial charge >= 0.3 is 0 Å². The highest BCUT2D eigenvalue weighted by Gasteiger charge is 2.59. The van der Waals surface area contributed by atoms with Gasteiger partial charge in [0.15, 0.2) is 11.5 Å². The fraction of sp³-hybridized carbons (Fsp3) is 0.172. The first-order valence-corrected chi connectivity index (χ1v) is 11.5. The van der Waals surface area contributed by atoms with Gasteiger partial charge in [0.2, 0.25) is 0 Å². The highest BCUT2D eigenvalue weighted by molar-refractivity contribution is 6.16. The first-order chi connectivity index (χ1) is 17.5. The zero-order valence-electron chi connectivity index (χ0n) is 20.1. The van der Waals surface area contributed by atoms with Crippen molar-refractivity contribution in [2.24, 2.45) is 0 Å². The molecule has 0 aliphatic carbocycles. The number of para-hydroxylation sites is 2. The molecule has 7 heteroatoms. The lowest BCUT2D eigenvalue weighted by atomic mass is 9.97. The maximum atomic E-state index is 14.0. The molecule has 182 valence electrons. The maximum absolute atomic E-state index is 14.0. The van der Waals surface area contributed by atoms with Crippen LogP contribution in [0.4, 0.5) is 11.4 Å². The predicted molar refractivity (Wildman–Crippen MR) is 138 cm³/mol. The maximum Gasteiger partial charge on any atom is 0.286 e. The molecule has 5 rings (SSSR count). The van der Waals surface area contributed by atoms with Crippen LogP contribution in [-0.4, -0.2) is 32.6 Å². The normalized spacial score (nSPS) is 18.3. The number of ether oxygens (including phenoxy) is 3. The van der Waals surface area contributed by atoms with Crippen LogP contribution in [0, 0.1) is 0 Å². The first kappa shape index (κ1) is 23.4. The predicted octanol–water partition coefficient (Wildman–Crippen LogP) is 4.67. The summed E-state index contributed by atoms with van der Waals surface area (Å²) in [5.74, 6) is 0.426. The number of carbonyl (C=O) groups excluding carboxylic acids is 2. The van der Waals surface area contributed by atoms with Crippen molar-refractivity contribution in [2.45, 2.75) is 12.3 Å². The van der Waals surface area contributed by atoms with Crippen molar-refractivity contribution in [1.82, 2.24) is 0 Å². The number of amides is 2. The topological polar surface area (TPSA) is 68.3 Å². The minimum absolute atomic E-state index is 0.196. The molecule has 2 heterocycles. The molecule has 0 N–H and O–H groups in total. The molecule has 2 aliphatic heterocycles. The molecule has 3 aromatic rings. The second-order valence-electron chi connectivity index (χ2n) is 8.40. The van der Waals surface area contributed by atoms with Gasteiger partial charge in [-0.25, -0.2) is 0 Å².